The highest BCUT2D eigenvalue weighted by atomic mass is 35.5. The number of carbonyl (C=O) groups is 2. The topological polar surface area (TPSA) is 93.1 Å². The molecule has 2 aromatic carbocycles. The van der Waals surface area contributed by atoms with Crippen LogP contribution in [0.2, 0.25) is 5.02 Å². The van der Waals surface area contributed by atoms with Gasteiger partial charge in [-0.3, -0.25) is 14.4 Å². The van der Waals surface area contributed by atoms with Gasteiger partial charge >= 0.3 is 0 Å². The average molecular weight is 443 g/mol. The summed E-state index contributed by atoms with van der Waals surface area (Å²) < 4.78 is 14.1. The summed E-state index contributed by atoms with van der Waals surface area (Å²) >= 11 is 5.89. The minimum Gasteiger partial charge on any atom is -0.325 e. The van der Waals surface area contributed by atoms with Crippen LogP contribution < -0.4 is 16.2 Å². The van der Waals surface area contributed by atoms with Gasteiger partial charge < -0.3 is 10.6 Å². The normalized spacial score (nSPS) is 10.6. The fourth-order valence-electron chi connectivity index (χ4n) is 2.76. The lowest BCUT2D eigenvalue weighted by atomic mass is 10.1. The van der Waals surface area contributed by atoms with E-state index < -0.39 is 23.2 Å². The van der Waals surface area contributed by atoms with Crippen molar-refractivity contribution in [2.24, 2.45) is 0 Å². The molecule has 2 amide bonds. The van der Waals surface area contributed by atoms with Crippen LogP contribution in [0.15, 0.2) is 53.3 Å². The number of hydrogen-bond acceptors (Lipinski definition) is 4. The van der Waals surface area contributed by atoms with Gasteiger partial charge in [0.1, 0.15) is 11.5 Å². The number of aromatic nitrogens is 2. The predicted octanol–water partition coefficient (Wildman–Crippen LogP) is 3.93. The first-order valence-corrected chi connectivity index (χ1v) is 9.82. The Bertz CT molecular complexity index is 1210. The van der Waals surface area contributed by atoms with E-state index in [4.69, 9.17) is 11.6 Å². The third kappa shape index (κ3) is 5.76. The van der Waals surface area contributed by atoms with Crippen molar-refractivity contribution in [2.75, 3.05) is 10.6 Å². The van der Waals surface area contributed by atoms with Crippen molar-refractivity contribution in [3.05, 3.63) is 86.5 Å². The highest BCUT2D eigenvalue weighted by Crippen LogP contribution is 2.22. The first-order valence-electron chi connectivity index (χ1n) is 9.44. The molecule has 0 spiro atoms. The Morgan fingerprint density at radius 3 is 2.52 bits per heavy atom. The number of anilines is 2. The van der Waals surface area contributed by atoms with E-state index in [-0.39, 0.29) is 29.4 Å². The second kappa shape index (κ2) is 9.53. The lowest BCUT2D eigenvalue weighted by Crippen LogP contribution is -2.28. The standard InChI is InChI=1S/C22H20ClFN4O3/c1-13-3-5-16(11-14(13)2)25-22(31)19-7-8-21(30)28(27-19)10-9-20(29)26-18-6-4-15(24)12-17(18)23/h3-8,11-12H,9-10H2,1-2H3,(H,25,31)(H,26,29). The molecule has 0 aliphatic carbocycles. The molecule has 3 aromatic rings. The van der Waals surface area contributed by atoms with Crippen LogP contribution in [-0.2, 0) is 11.3 Å². The molecule has 3 rings (SSSR count). The number of benzene rings is 2. The van der Waals surface area contributed by atoms with Crippen molar-refractivity contribution in [1.82, 2.24) is 9.78 Å². The van der Waals surface area contributed by atoms with Crippen LogP contribution >= 0.6 is 11.6 Å². The molecule has 0 atom stereocenters. The van der Waals surface area contributed by atoms with Gasteiger partial charge in [-0.1, -0.05) is 17.7 Å². The van der Waals surface area contributed by atoms with E-state index in [1.54, 1.807) is 6.07 Å². The maximum absolute atomic E-state index is 13.1. The Morgan fingerprint density at radius 1 is 1.03 bits per heavy atom. The van der Waals surface area contributed by atoms with Crippen molar-refractivity contribution in [3.63, 3.8) is 0 Å². The Labute approximate surface area is 182 Å². The second-order valence-corrected chi connectivity index (χ2v) is 7.36. The van der Waals surface area contributed by atoms with Crippen molar-refractivity contribution >= 4 is 34.8 Å². The van der Waals surface area contributed by atoms with E-state index >= 15 is 0 Å². The van der Waals surface area contributed by atoms with Gasteiger partial charge in [-0.05, 0) is 61.4 Å². The van der Waals surface area contributed by atoms with Crippen LogP contribution in [0.1, 0.15) is 28.0 Å². The number of amides is 2. The maximum atomic E-state index is 13.1. The second-order valence-electron chi connectivity index (χ2n) is 6.96. The zero-order valence-electron chi connectivity index (χ0n) is 16.9. The number of nitrogens with one attached hydrogen (secondary N) is 2. The third-order valence-electron chi connectivity index (χ3n) is 4.62. The van der Waals surface area contributed by atoms with E-state index in [1.165, 1.54) is 24.3 Å². The molecule has 1 heterocycles. The Hall–Kier alpha value is -3.52. The monoisotopic (exact) mass is 442 g/mol. The van der Waals surface area contributed by atoms with Crippen LogP contribution in [0.4, 0.5) is 15.8 Å². The number of halogens is 2. The molecule has 0 saturated heterocycles. The Balaban J connectivity index is 1.66. The fraction of sp³-hybridized carbons (Fsp3) is 0.182. The number of hydrogen-bond donors (Lipinski definition) is 2. The molecule has 0 unspecified atom stereocenters. The van der Waals surface area contributed by atoms with E-state index in [9.17, 15) is 18.8 Å². The van der Waals surface area contributed by atoms with Crippen LogP contribution in [0.25, 0.3) is 0 Å². The van der Waals surface area contributed by atoms with Gasteiger partial charge in [0.2, 0.25) is 5.91 Å². The first kappa shape index (κ1) is 22.2. The molecule has 0 bridgehead atoms. The van der Waals surface area contributed by atoms with E-state index in [0.29, 0.717) is 5.69 Å². The minimum absolute atomic E-state index is 0.0415. The van der Waals surface area contributed by atoms with Crippen molar-refractivity contribution in [1.29, 1.82) is 0 Å². The Kier molecular flexibility index (Phi) is 6.81. The summed E-state index contributed by atoms with van der Waals surface area (Å²) in [5, 5.41) is 9.40. The summed E-state index contributed by atoms with van der Waals surface area (Å²) in [5.74, 6) is -1.43. The van der Waals surface area contributed by atoms with Crippen molar-refractivity contribution < 1.29 is 14.0 Å². The molecule has 31 heavy (non-hydrogen) atoms. The van der Waals surface area contributed by atoms with E-state index in [2.05, 4.69) is 15.7 Å². The highest BCUT2D eigenvalue weighted by molar-refractivity contribution is 6.33. The molecule has 2 N–H and O–H groups in total. The molecule has 7 nitrogen and oxygen atoms in total. The SMILES string of the molecule is Cc1ccc(NC(=O)c2ccc(=O)n(CCC(=O)Nc3ccc(F)cc3Cl)n2)cc1C. The molecule has 1 aromatic heterocycles. The van der Waals surface area contributed by atoms with Crippen LogP contribution in [0, 0.1) is 19.7 Å². The lowest BCUT2D eigenvalue weighted by molar-refractivity contribution is -0.116. The molecule has 160 valence electrons. The number of carbonyl (C=O) groups excluding carboxylic acids is 2. The van der Waals surface area contributed by atoms with E-state index in [1.807, 2.05) is 26.0 Å². The minimum atomic E-state index is -0.519. The Morgan fingerprint density at radius 2 is 1.81 bits per heavy atom. The fourth-order valence-corrected chi connectivity index (χ4v) is 2.97. The van der Waals surface area contributed by atoms with Gasteiger partial charge in [0, 0.05) is 18.2 Å². The van der Waals surface area contributed by atoms with Gasteiger partial charge in [0.15, 0.2) is 0 Å². The smallest absolute Gasteiger partial charge is 0.276 e. The summed E-state index contributed by atoms with van der Waals surface area (Å²) in [6, 6.07) is 11.7. The summed E-state index contributed by atoms with van der Waals surface area (Å²) in [7, 11) is 0. The average Bonchev–Trinajstić information content (AvgIpc) is 2.72. The summed E-state index contributed by atoms with van der Waals surface area (Å²) in [5.41, 5.74) is 2.60. The molecule has 0 aliphatic rings. The summed E-state index contributed by atoms with van der Waals surface area (Å²) in [6.45, 7) is 3.86. The van der Waals surface area contributed by atoms with Crippen LogP contribution in [0.3, 0.4) is 0 Å². The summed E-state index contributed by atoms with van der Waals surface area (Å²) in [4.78, 5) is 36.7. The predicted molar refractivity (Wildman–Crippen MR) is 117 cm³/mol. The van der Waals surface area contributed by atoms with Gasteiger partial charge in [-0.15, -0.1) is 0 Å². The quantitative estimate of drug-likeness (QED) is 0.604. The van der Waals surface area contributed by atoms with Crippen molar-refractivity contribution in [3.8, 4) is 0 Å². The van der Waals surface area contributed by atoms with Gasteiger partial charge in [0.05, 0.1) is 17.3 Å². The van der Waals surface area contributed by atoms with E-state index in [0.717, 1.165) is 21.9 Å². The molecular weight excluding hydrogens is 423 g/mol. The van der Waals surface area contributed by atoms with Gasteiger partial charge in [-0.25, -0.2) is 9.07 Å². The molecule has 0 radical (unpaired) electrons. The lowest BCUT2D eigenvalue weighted by Gasteiger charge is -2.10. The number of rotatable bonds is 6. The maximum Gasteiger partial charge on any atom is 0.276 e. The highest BCUT2D eigenvalue weighted by Gasteiger charge is 2.12. The third-order valence-corrected chi connectivity index (χ3v) is 4.93. The number of aryl methyl sites for hydroxylation is 3. The summed E-state index contributed by atoms with van der Waals surface area (Å²) in [6.07, 6.45) is -0.0944. The van der Waals surface area contributed by atoms with Crippen LogP contribution in [-0.4, -0.2) is 21.6 Å². The van der Waals surface area contributed by atoms with Gasteiger partial charge in [0.25, 0.3) is 11.5 Å². The molecule has 0 fully saturated rings. The van der Waals surface area contributed by atoms with Crippen molar-refractivity contribution in [2.45, 2.75) is 26.8 Å². The first-order chi connectivity index (χ1) is 14.7. The molecule has 0 saturated carbocycles. The zero-order valence-corrected chi connectivity index (χ0v) is 17.7. The molecule has 0 aliphatic heterocycles. The molecular formula is C22H20ClFN4O3. The number of nitrogens with zero attached hydrogens (tertiary/aromatic N) is 2. The largest absolute Gasteiger partial charge is 0.325 e. The van der Waals surface area contributed by atoms with Crippen LogP contribution in [0.5, 0.6) is 0 Å². The molecule has 9 heteroatoms. The van der Waals surface area contributed by atoms with Gasteiger partial charge in [-0.2, -0.15) is 5.10 Å². The zero-order chi connectivity index (χ0) is 22.5.